The van der Waals surface area contributed by atoms with Crippen LogP contribution in [-0.4, -0.2) is 71.7 Å². The number of ether oxygens (including phenoxy) is 1. The second kappa shape index (κ2) is 8.56. The first kappa shape index (κ1) is 21.0. The van der Waals surface area contributed by atoms with Gasteiger partial charge in [0.1, 0.15) is 0 Å². The number of pyridine rings is 1. The number of carbonyl (C=O) groups excluding carboxylic acids is 2. The lowest BCUT2D eigenvalue weighted by Gasteiger charge is -2.39. The zero-order chi connectivity index (χ0) is 20.2. The number of hydrogen-bond donors (Lipinski definition) is 2. The van der Waals surface area contributed by atoms with Crippen LogP contribution < -0.4 is 10.1 Å². The van der Waals surface area contributed by atoms with Gasteiger partial charge < -0.3 is 25.0 Å². The Kier molecular flexibility index (Phi) is 6.64. The molecule has 1 unspecified atom stereocenters. The highest BCUT2D eigenvalue weighted by molar-refractivity contribution is 5.77. The number of nitrogens with zero attached hydrogens (tertiary/aromatic N) is 3. The van der Waals surface area contributed by atoms with E-state index in [1.54, 1.807) is 26.1 Å². The average molecular weight is 378 g/mol. The molecule has 0 aliphatic carbocycles. The molecule has 2 heterocycles. The Morgan fingerprint density at radius 3 is 2.74 bits per heavy atom. The van der Waals surface area contributed by atoms with Gasteiger partial charge in [0, 0.05) is 31.9 Å². The first-order chi connectivity index (χ1) is 12.6. The number of likely N-dealkylation sites (tertiary alicyclic amines) is 1. The van der Waals surface area contributed by atoms with E-state index in [4.69, 9.17) is 4.74 Å². The van der Waals surface area contributed by atoms with Crippen molar-refractivity contribution < 1.29 is 19.4 Å². The third-order valence-corrected chi connectivity index (χ3v) is 4.87. The summed E-state index contributed by atoms with van der Waals surface area (Å²) in [6, 6.07) is 1.67. The smallest absolute Gasteiger partial charge is 0.317 e. The van der Waals surface area contributed by atoms with Crippen LogP contribution in [0.5, 0.6) is 5.88 Å². The number of nitrogens with one attached hydrogen (secondary N) is 1. The van der Waals surface area contributed by atoms with Gasteiger partial charge in [0.05, 0.1) is 32.2 Å². The largest absolute Gasteiger partial charge is 0.481 e. The van der Waals surface area contributed by atoms with Crippen molar-refractivity contribution in [3.63, 3.8) is 0 Å². The Bertz CT molecular complexity index is 707. The molecular formula is C19H30N4O4. The van der Waals surface area contributed by atoms with Crippen LogP contribution in [0.1, 0.15) is 36.1 Å². The van der Waals surface area contributed by atoms with Gasteiger partial charge in [-0.25, -0.2) is 9.78 Å². The van der Waals surface area contributed by atoms with Gasteiger partial charge in [-0.2, -0.15) is 0 Å². The molecule has 1 saturated heterocycles. The number of β-amino-alcohol motifs (C(OH)–C–C–N with tert-alkyl or cyclic N) is 1. The maximum atomic E-state index is 12.6. The lowest BCUT2D eigenvalue weighted by Crippen LogP contribution is -2.54. The molecule has 150 valence electrons. The summed E-state index contributed by atoms with van der Waals surface area (Å²) in [7, 11) is 4.87. The van der Waals surface area contributed by atoms with Crippen molar-refractivity contribution in [1.82, 2.24) is 20.1 Å². The fourth-order valence-corrected chi connectivity index (χ4v) is 3.36. The van der Waals surface area contributed by atoms with Crippen LogP contribution in [0.4, 0.5) is 4.79 Å². The molecule has 0 saturated carbocycles. The summed E-state index contributed by atoms with van der Waals surface area (Å²) in [4.78, 5) is 31.9. The standard InChI is InChI=1S/C19H30N4O4/c1-13-9-14(2)21-17(27-5)15(13)11-20-18(25)23-8-6-7-19(26,12-23)10-16(24)22(3)4/h9,26H,6-8,10-12H2,1-5H3,(H,20,25). The molecule has 8 heteroatoms. The number of hydrogen-bond acceptors (Lipinski definition) is 5. The van der Waals surface area contributed by atoms with Crippen molar-refractivity contribution in [2.24, 2.45) is 0 Å². The predicted octanol–water partition coefficient (Wildman–Crippen LogP) is 1.22. The molecular weight excluding hydrogens is 348 g/mol. The third-order valence-electron chi connectivity index (χ3n) is 4.87. The fourth-order valence-electron chi connectivity index (χ4n) is 3.36. The van der Waals surface area contributed by atoms with Gasteiger partial charge in [0.25, 0.3) is 0 Å². The number of aromatic nitrogens is 1. The van der Waals surface area contributed by atoms with Crippen LogP contribution in [0.2, 0.25) is 0 Å². The van der Waals surface area contributed by atoms with Gasteiger partial charge in [-0.3, -0.25) is 4.79 Å². The topological polar surface area (TPSA) is 95.0 Å². The predicted molar refractivity (Wildman–Crippen MR) is 102 cm³/mol. The first-order valence-corrected chi connectivity index (χ1v) is 9.11. The summed E-state index contributed by atoms with van der Waals surface area (Å²) < 4.78 is 5.33. The van der Waals surface area contributed by atoms with Crippen LogP contribution in [0.3, 0.4) is 0 Å². The quantitative estimate of drug-likeness (QED) is 0.803. The highest BCUT2D eigenvalue weighted by atomic mass is 16.5. The van der Waals surface area contributed by atoms with Gasteiger partial charge in [-0.15, -0.1) is 0 Å². The van der Waals surface area contributed by atoms with Gasteiger partial charge in [-0.1, -0.05) is 0 Å². The molecule has 1 atom stereocenters. The Labute approximate surface area is 160 Å². The molecule has 0 spiro atoms. The van der Waals surface area contributed by atoms with E-state index in [0.29, 0.717) is 25.3 Å². The van der Waals surface area contributed by atoms with Crippen molar-refractivity contribution in [2.75, 3.05) is 34.3 Å². The van der Waals surface area contributed by atoms with Crippen molar-refractivity contribution in [2.45, 2.75) is 45.3 Å². The number of methoxy groups -OCH3 is 1. The van der Waals surface area contributed by atoms with E-state index >= 15 is 0 Å². The van der Waals surface area contributed by atoms with Gasteiger partial charge in [0.2, 0.25) is 11.8 Å². The van der Waals surface area contributed by atoms with Crippen molar-refractivity contribution in [1.29, 1.82) is 0 Å². The zero-order valence-electron chi connectivity index (χ0n) is 16.8. The third kappa shape index (κ3) is 5.32. The number of carbonyl (C=O) groups is 2. The lowest BCUT2D eigenvalue weighted by molar-refractivity contribution is -0.135. The molecule has 2 rings (SSSR count). The number of rotatable bonds is 5. The molecule has 2 N–H and O–H groups in total. The van der Waals surface area contributed by atoms with Crippen LogP contribution in [0, 0.1) is 13.8 Å². The SMILES string of the molecule is COc1nc(C)cc(C)c1CNC(=O)N1CCCC(O)(CC(=O)N(C)C)C1. The van der Waals surface area contributed by atoms with Gasteiger partial charge in [-0.05, 0) is 38.3 Å². The molecule has 27 heavy (non-hydrogen) atoms. The monoisotopic (exact) mass is 378 g/mol. The van der Waals surface area contributed by atoms with E-state index in [-0.39, 0.29) is 31.4 Å². The zero-order valence-corrected chi connectivity index (χ0v) is 16.8. The van der Waals surface area contributed by atoms with Crippen molar-refractivity contribution >= 4 is 11.9 Å². The minimum absolute atomic E-state index is 0.0125. The first-order valence-electron chi connectivity index (χ1n) is 9.11. The minimum Gasteiger partial charge on any atom is -0.481 e. The Balaban J connectivity index is 2.01. The molecule has 1 aliphatic rings. The molecule has 3 amide bonds. The second-order valence-electron chi connectivity index (χ2n) is 7.44. The van der Waals surface area contributed by atoms with Crippen LogP contribution >= 0.6 is 0 Å². The van der Waals surface area contributed by atoms with E-state index in [1.165, 1.54) is 4.90 Å². The lowest BCUT2D eigenvalue weighted by atomic mass is 9.89. The van der Waals surface area contributed by atoms with Crippen molar-refractivity contribution in [3.05, 3.63) is 22.9 Å². The summed E-state index contributed by atoms with van der Waals surface area (Å²) in [6.07, 6.45) is 1.17. The summed E-state index contributed by atoms with van der Waals surface area (Å²) in [5.74, 6) is 0.352. The van der Waals surface area contributed by atoms with E-state index < -0.39 is 5.60 Å². The van der Waals surface area contributed by atoms with E-state index in [2.05, 4.69) is 10.3 Å². The van der Waals surface area contributed by atoms with E-state index in [1.807, 2.05) is 19.9 Å². The fraction of sp³-hybridized carbons (Fsp3) is 0.632. The second-order valence-corrected chi connectivity index (χ2v) is 7.44. The summed E-state index contributed by atoms with van der Waals surface area (Å²) in [5.41, 5.74) is 1.49. The Morgan fingerprint density at radius 2 is 2.11 bits per heavy atom. The minimum atomic E-state index is -1.18. The van der Waals surface area contributed by atoms with Crippen LogP contribution in [-0.2, 0) is 11.3 Å². The average Bonchev–Trinajstić information content (AvgIpc) is 2.59. The van der Waals surface area contributed by atoms with E-state index in [0.717, 1.165) is 16.8 Å². The Hall–Kier alpha value is -2.35. The molecule has 8 nitrogen and oxygen atoms in total. The van der Waals surface area contributed by atoms with Crippen LogP contribution in [0.15, 0.2) is 6.07 Å². The molecule has 1 fully saturated rings. The number of aryl methyl sites for hydroxylation is 2. The van der Waals surface area contributed by atoms with Crippen molar-refractivity contribution in [3.8, 4) is 5.88 Å². The highest BCUT2D eigenvalue weighted by Gasteiger charge is 2.37. The van der Waals surface area contributed by atoms with Gasteiger partial charge in [0.15, 0.2) is 0 Å². The van der Waals surface area contributed by atoms with Crippen LogP contribution in [0.25, 0.3) is 0 Å². The molecule has 0 radical (unpaired) electrons. The number of piperidine rings is 1. The highest BCUT2D eigenvalue weighted by Crippen LogP contribution is 2.25. The number of amides is 3. The molecule has 1 aromatic rings. The maximum absolute atomic E-state index is 12.6. The molecule has 1 aliphatic heterocycles. The van der Waals surface area contributed by atoms with Gasteiger partial charge >= 0.3 is 6.03 Å². The summed E-state index contributed by atoms with van der Waals surface area (Å²) in [6.45, 7) is 4.81. The normalized spacial score (nSPS) is 19.6. The van der Waals surface area contributed by atoms with E-state index in [9.17, 15) is 14.7 Å². The number of aliphatic hydroxyl groups is 1. The summed E-state index contributed by atoms with van der Waals surface area (Å²) in [5, 5.41) is 13.6. The molecule has 0 aromatic carbocycles. The maximum Gasteiger partial charge on any atom is 0.317 e. The molecule has 1 aromatic heterocycles. The number of urea groups is 1. The summed E-state index contributed by atoms with van der Waals surface area (Å²) >= 11 is 0. The Morgan fingerprint density at radius 1 is 1.41 bits per heavy atom. The molecule has 0 bridgehead atoms.